The molecule has 1 aromatic heterocycles. The number of nitrogens with zero attached hydrogens (tertiary/aromatic N) is 2. The Morgan fingerprint density at radius 3 is 2.62 bits per heavy atom. The number of amides is 1. The van der Waals surface area contributed by atoms with Crippen LogP contribution in [-0.4, -0.2) is 23.0 Å². The molecule has 0 unspecified atom stereocenters. The highest BCUT2D eigenvalue weighted by molar-refractivity contribution is 6.02. The number of carbonyl (C=O) groups excluding carboxylic acids is 1. The van der Waals surface area contributed by atoms with Crippen molar-refractivity contribution in [3.63, 3.8) is 0 Å². The average molecular weight is 348 g/mol. The molecule has 1 amide bonds. The van der Waals surface area contributed by atoms with Gasteiger partial charge in [0.05, 0.1) is 7.11 Å². The van der Waals surface area contributed by atoms with Crippen molar-refractivity contribution in [2.24, 2.45) is 0 Å². The fourth-order valence-electron chi connectivity index (χ4n) is 2.43. The molecule has 0 saturated carbocycles. The summed E-state index contributed by atoms with van der Waals surface area (Å²) in [6, 6.07) is 16.9. The van der Waals surface area contributed by atoms with Gasteiger partial charge in [-0.15, -0.1) is 0 Å². The molecule has 0 atom stereocenters. The molecule has 0 aliphatic rings. The molecule has 0 spiro atoms. The smallest absolute Gasteiger partial charge is 0.274 e. The quantitative estimate of drug-likeness (QED) is 0.711. The van der Waals surface area contributed by atoms with Crippen LogP contribution in [0.15, 0.2) is 60.8 Å². The Morgan fingerprint density at radius 2 is 1.85 bits per heavy atom. The van der Waals surface area contributed by atoms with Crippen LogP contribution in [0, 0.1) is 6.92 Å². The normalized spacial score (nSPS) is 10.2. The Bertz CT molecular complexity index is 894. The van der Waals surface area contributed by atoms with Crippen LogP contribution in [0.2, 0.25) is 0 Å². The monoisotopic (exact) mass is 348 g/mol. The maximum Gasteiger partial charge on any atom is 0.274 e. The van der Waals surface area contributed by atoms with Crippen LogP contribution in [0.5, 0.6) is 5.75 Å². The SMILES string of the molecule is COc1ccccc1CNc1nccc(C(=O)Nc2ccc(C)cc2)n1. The molecule has 3 rings (SSSR count). The molecule has 3 aromatic rings. The number of benzene rings is 2. The molecule has 132 valence electrons. The molecule has 2 N–H and O–H groups in total. The van der Waals surface area contributed by atoms with Crippen LogP contribution in [0.25, 0.3) is 0 Å². The van der Waals surface area contributed by atoms with Crippen LogP contribution in [0.1, 0.15) is 21.6 Å². The second-order valence-corrected chi connectivity index (χ2v) is 5.75. The van der Waals surface area contributed by atoms with E-state index >= 15 is 0 Å². The second kappa shape index (κ2) is 8.11. The maximum atomic E-state index is 12.4. The summed E-state index contributed by atoms with van der Waals surface area (Å²) in [5.74, 6) is 0.886. The predicted molar refractivity (Wildman–Crippen MR) is 101 cm³/mol. The molecule has 1 heterocycles. The van der Waals surface area contributed by atoms with E-state index in [0.29, 0.717) is 18.2 Å². The van der Waals surface area contributed by atoms with E-state index in [1.165, 1.54) is 0 Å². The Balaban J connectivity index is 1.67. The lowest BCUT2D eigenvalue weighted by Gasteiger charge is -2.10. The lowest BCUT2D eigenvalue weighted by atomic mass is 10.2. The summed E-state index contributed by atoms with van der Waals surface area (Å²) in [6.07, 6.45) is 1.56. The molecule has 0 fully saturated rings. The van der Waals surface area contributed by atoms with E-state index in [9.17, 15) is 4.79 Å². The molecule has 0 saturated heterocycles. The van der Waals surface area contributed by atoms with Crippen LogP contribution in [-0.2, 0) is 6.54 Å². The third kappa shape index (κ3) is 4.36. The first-order chi connectivity index (χ1) is 12.7. The molecule has 6 nitrogen and oxygen atoms in total. The largest absolute Gasteiger partial charge is 0.496 e. The van der Waals surface area contributed by atoms with Gasteiger partial charge in [-0.05, 0) is 31.2 Å². The summed E-state index contributed by atoms with van der Waals surface area (Å²) < 4.78 is 5.33. The number of aryl methyl sites for hydroxylation is 1. The fourth-order valence-corrected chi connectivity index (χ4v) is 2.43. The van der Waals surface area contributed by atoms with Crippen molar-refractivity contribution in [1.29, 1.82) is 0 Å². The van der Waals surface area contributed by atoms with Gasteiger partial charge >= 0.3 is 0 Å². The van der Waals surface area contributed by atoms with E-state index in [0.717, 1.165) is 22.6 Å². The van der Waals surface area contributed by atoms with E-state index < -0.39 is 0 Å². The van der Waals surface area contributed by atoms with Crippen molar-refractivity contribution in [2.75, 3.05) is 17.7 Å². The lowest BCUT2D eigenvalue weighted by molar-refractivity contribution is 0.102. The second-order valence-electron chi connectivity index (χ2n) is 5.75. The third-order valence-electron chi connectivity index (χ3n) is 3.83. The molecular weight excluding hydrogens is 328 g/mol. The summed E-state index contributed by atoms with van der Waals surface area (Å²) >= 11 is 0. The van der Waals surface area contributed by atoms with Gasteiger partial charge in [-0.1, -0.05) is 35.9 Å². The van der Waals surface area contributed by atoms with Crippen molar-refractivity contribution >= 4 is 17.5 Å². The molecule has 6 heteroatoms. The lowest BCUT2D eigenvalue weighted by Crippen LogP contribution is -2.15. The van der Waals surface area contributed by atoms with E-state index in [1.807, 2.05) is 55.5 Å². The van der Waals surface area contributed by atoms with Crippen LogP contribution >= 0.6 is 0 Å². The van der Waals surface area contributed by atoms with Crippen LogP contribution < -0.4 is 15.4 Å². The zero-order valence-corrected chi connectivity index (χ0v) is 14.7. The summed E-state index contributed by atoms with van der Waals surface area (Å²) in [6.45, 7) is 2.49. The molecule has 2 aromatic carbocycles. The van der Waals surface area contributed by atoms with Crippen molar-refractivity contribution < 1.29 is 9.53 Å². The Hall–Kier alpha value is -3.41. The van der Waals surface area contributed by atoms with Gasteiger partial charge < -0.3 is 15.4 Å². The predicted octanol–water partition coefficient (Wildman–Crippen LogP) is 3.66. The van der Waals surface area contributed by atoms with Crippen molar-refractivity contribution in [2.45, 2.75) is 13.5 Å². The first kappa shape index (κ1) is 17.4. The zero-order valence-electron chi connectivity index (χ0n) is 14.7. The summed E-state index contributed by atoms with van der Waals surface area (Å²) in [5.41, 5.74) is 3.13. The van der Waals surface area contributed by atoms with Crippen molar-refractivity contribution in [1.82, 2.24) is 9.97 Å². The number of nitrogens with one attached hydrogen (secondary N) is 2. The highest BCUT2D eigenvalue weighted by Crippen LogP contribution is 2.18. The Morgan fingerprint density at radius 1 is 1.08 bits per heavy atom. The number of methoxy groups -OCH3 is 1. The number of para-hydroxylation sites is 1. The number of rotatable bonds is 6. The number of ether oxygens (including phenoxy) is 1. The van der Waals surface area contributed by atoms with E-state index in [-0.39, 0.29) is 5.91 Å². The average Bonchev–Trinajstić information content (AvgIpc) is 2.68. The molecule has 0 bridgehead atoms. The number of hydrogen-bond donors (Lipinski definition) is 2. The van der Waals surface area contributed by atoms with Gasteiger partial charge in [0.15, 0.2) is 0 Å². The molecule has 0 aliphatic heterocycles. The van der Waals surface area contributed by atoms with Crippen LogP contribution in [0.4, 0.5) is 11.6 Å². The minimum atomic E-state index is -0.281. The summed E-state index contributed by atoms with van der Waals surface area (Å²) in [7, 11) is 1.63. The Kier molecular flexibility index (Phi) is 5.43. The minimum absolute atomic E-state index is 0.281. The fraction of sp³-hybridized carbons (Fsp3) is 0.150. The van der Waals surface area contributed by atoms with E-state index in [4.69, 9.17) is 4.74 Å². The molecule has 26 heavy (non-hydrogen) atoms. The van der Waals surface area contributed by atoms with Gasteiger partial charge in [0, 0.05) is 24.0 Å². The van der Waals surface area contributed by atoms with Gasteiger partial charge in [-0.25, -0.2) is 9.97 Å². The van der Waals surface area contributed by atoms with Crippen molar-refractivity contribution in [3.8, 4) is 5.75 Å². The first-order valence-electron chi connectivity index (χ1n) is 8.22. The summed E-state index contributed by atoms with van der Waals surface area (Å²) in [4.78, 5) is 20.8. The topological polar surface area (TPSA) is 76.1 Å². The van der Waals surface area contributed by atoms with E-state index in [2.05, 4.69) is 20.6 Å². The van der Waals surface area contributed by atoms with Crippen molar-refractivity contribution in [3.05, 3.63) is 77.6 Å². The zero-order chi connectivity index (χ0) is 18.4. The third-order valence-corrected chi connectivity index (χ3v) is 3.83. The number of anilines is 2. The molecule has 0 radical (unpaired) electrons. The van der Waals surface area contributed by atoms with Gasteiger partial charge in [-0.2, -0.15) is 0 Å². The molecular formula is C20H20N4O2. The Labute approximate surface area is 152 Å². The van der Waals surface area contributed by atoms with Crippen LogP contribution in [0.3, 0.4) is 0 Å². The maximum absolute atomic E-state index is 12.4. The van der Waals surface area contributed by atoms with Gasteiger partial charge in [0.25, 0.3) is 5.91 Å². The number of hydrogen-bond acceptors (Lipinski definition) is 5. The minimum Gasteiger partial charge on any atom is -0.496 e. The number of aromatic nitrogens is 2. The highest BCUT2D eigenvalue weighted by atomic mass is 16.5. The standard InChI is InChI=1S/C20H20N4O2/c1-14-7-9-16(10-8-14)23-19(25)17-11-12-21-20(24-17)22-13-15-5-3-4-6-18(15)26-2/h3-12H,13H2,1-2H3,(H,23,25)(H,21,22,24). The van der Waals surface area contributed by atoms with Gasteiger partial charge in [0.2, 0.25) is 5.95 Å². The van der Waals surface area contributed by atoms with E-state index in [1.54, 1.807) is 19.4 Å². The van der Waals surface area contributed by atoms with Gasteiger partial charge in [-0.3, -0.25) is 4.79 Å². The highest BCUT2D eigenvalue weighted by Gasteiger charge is 2.10. The number of carbonyl (C=O) groups is 1. The van der Waals surface area contributed by atoms with Gasteiger partial charge in [0.1, 0.15) is 11.4 Å². The first-order valence-corrected chi connectivity index (χ1v) is 8.22. The summed E-state index contributed by atoms with van der Waals surface area (Å²) in [5, 5.41) is 5.95. The molecule has 0 aliphatic carbocycles.